The lowest BCUT2D eigenvalue weighted by Crippen LogP contribution is -2.29. The molecule has 0 radical (unpaired) electrons. The van der Waals surface area contributed by atoms with Crippen molar-refractivity contribution in [2.75, 3.05) is 0 Å². The third kappa shape index (κ3) is 5.69. The number of benzene rings is 2. The van der Waals surface area contributed by atoms with Gasteiger partial charge in [0.2, 0.25) is 5.91 Å². The minimum Gasteiger partial charge on any atom is -0.346 e. The van der Waals surface area contributed by atoms with E-state index in [4.69, 9.17) is 0 Å². The van der Waals surface area contributed by atoms with E-state index in [9.17, 15) is 9.18 Å². The van der Waals surface area contributed by atoms with Gasteiger partial charge in [0.15, 0.2) is 11.0 Å². The highest BCUT2D eigenvalue weighted by Gasteiger charge is 2.21. The largest absolute Gasteiger partial charge is 0.346 e. The fourth-order valence-electron chi connectivity index (χ4n) is 3.06. The molecule has 5 nitrogen and oxygen atoms in total. The van der Waals surface area contributed by atoms with Crippen LogP contribution in [0.25, 0.3) is 5.69 Å². The molecule has 0 saturated carbocycles. The minimum atomic E-state index is -0.287. The Morgan fingerprint density at radius 3 is 2.37 bits per heavy atom. The SMILES string of the molecule is Cc1ccc(-n2c(SCc3ccc(F)cc3)nnc2C(C)NC(=O)CC(C)C)cc1. The second-order valence-corrected chi connectivity index (χ2v) is 8.76. The second-order valence-electron chi connectivity index (χ2n) is 7.81. The van der Waals surface area contributed by atoms with Crippen molar-refractivity contribution in [3.05, 3.63) is 71.3 Å². The predicted octanol–water partition coefficient (Wildman–Crippen LogP) is 5.23. The van der Waals surface area contributed by atoms with Gasteiger partial charge in [0, 0.05) is 17.9 Å². The van der Waals surface area contributed by atoms with Crippen LogP contribution in [0.4, 0.5) is 4.39 Å². The maximum atomic E-state index is 13.2. The summed E-state index contributed by atoms with van der Waals surface area (Å²) in [7, 11) is 0. The number of thioether (sulfide) groups is 1. The van der Waals surface area contributed by atoms with Crippen LogP contribution in [0.1, 0.15) is 50.2 Å². The van der Waals surface area contributed by atoms with Crippen molar-refractivity contribution in [2.45, 2.75) is 51.1 Å². The molecular formula is C23H27FN4OS. The molecule has 0 fully saturated rings. The fraction of sp³-hybridized carbons (Fsp3) is 0.348. The maximum Gasteiger partial charge on any atom is 0.220 e. The minimum absolute atomic E-state index is 0.00327. The zero-order valence-corrected chi connectivity index (χ0v) is 18.5. The molecule has 1 atom stereocenters. The van der Waals surface area contributed by atoms with Gasteiger partial charge in [0.05, 0.1) is 6.04 Å². The van der Waals surface area contributed by atoms with Gasteiger partial charge in [-0.1, -0.05) is 55.4 Å². The van der Waals surface area contributed by atoms with Crippen LogP contribution in [0.2, 0.25) is 0 Å². The molecule has 1 amide bonds. The lowest BCUT2D eigenvalue weighted by Gasteiger charge is -2.17. The predicted molar refractivity (Wildman–Crippen MR) is 118 cm³/mol. The van der Waals surface area contributed by atoms with Crippen molar-refractivity contribution in [3.8, 4) is 5.69 Å². The van der Waals surface area contributed by atoms with E-state index in [0.717, 1.165) is 22.0 Å². The summed E-state index contributed by atoms with van der Waals surface area (Å²) in [5.74, 6) is 1.35. The zero-order chi connectivity index (χ0) is 21.7. The Labute approximate surface area is 181 Å². The molecule has 2 aromatic carbocycles. The van der Waals surface area contributed by atoms with Crippen molar-refractivity contribution in [1.29, 1.82) is 0 Å². The third-order valence-electron chi connectivity index (χ3n) is 4.59. The standard InChI is InChI=1S/C23H27FN4OS/c1-15(2)13-21(29)25-17(4)22-26-27-23(28(22)20-11-5-16(3)6-12-20)30-14-18-7-9-19(24)10-8-18/h5-12,15,17H,13-14H2,1-4H3,(H,25,29). The summed E-state index contributed by atoms with van der Waals surface area (Å²) in [4.78, 5) is 12.3. The number of hydrogen-bond donors (Lipinski definition) is 1. The monoisotopic (exact) mass is 426 g/mol. The number of carbonyl (C=O) groups is 1. The molecule has 0 aliphatic heterocycles. The topological polar surface area (TPSA) is 59.8 Å². The summed E-state index contributed by atoms with van der Waals surface area (Å²) in [6.45, 7) is 7.99. The van der Waals surface area contributed by atoms with E-state index in [1.165, 1.54) is 23.9 Å². The lowest BCUT2D eigenvalue weighted by atomic mass is 10.1. The van der Waals surface area contributed by atoms with Crippen LogP contribution < -0.4 is 5.32 Å². The van der Waals surface area contributed by atoms with Crippen LogP contribution in [-0.2, 0) is 10.5 Å². The first-order valence-electron chi connectivity index (χ1n) is 10.0. The highest BCUT2D eigenvalue weighted by Crippen LogP contribution is 2.28. The summed E-state index contributed by atoms with van der Waals surface area (Å²) >= 11 is 1.53. The molecule has 0 bridgehead atoms. The van der Waals surface area contributed by atoms with E-state index in [0.29, 0.717) is 18.0 Å². The van der Waals surface area contributed by atoms with Crippen LogP contribution in [-0.4, -0.2) is 20.7 Å². The molecular weight excluding hydrogens is 399 g/mol. The number of hydrogen-bond acceptors (Lipinski definition) is 4. The van der Waals surface area contributed by atoms with Crippen molar-refractivity contribution in [1.82, 2.24) is 20.1 Å². The van der Waals surface area contributed by atoms with E-state index in [1.807, 2.05) is 56.5 Å². The summed E-state index contributed by atoms with van der Waals surface area (Å²) < 4.78 is 15.2. The Morgan fingerprint density at radius 1 is 1.07 bits per heavy atom. The van der Waals surface area contributed by atoms with E-state index in [1.54, 1.807) is 12.1 Å². The first kappa shape index (κ1) is 22.0. The Kier molecular flexibility index (Phi) is 7.26. The second kappa shape index (κ2) is 9.89. The molecule has 0 saturated heterocycles. The van der Waals surface area contributed by atoms with E-state index >= 15 is 0 Å². The average molecular weight is 427 g/mol. The van der Waals surface area contributed by atoms with Gasteiger partial charge < -0.3 is 5.32 Å². The number of aryl methyl sites for hydroxylation is 1. The van der Waals surface area contributed by atoms with Crippen LogP contribution in [0, 0.1) is 18.7 Å². The molecule has 0 aliphatic rings. The van der Waals surface area contributed by atoms with E-state index in [-0.39, 0.29) is 23.7 Å². The van der Waals surface area contributed by atoms with Crippen molar-refractivity contribution in [3.63, 3.8) is 0 Å². The molecule has 1 unspecified atom stereocenters. The first-order chi connectivity index (χ1) is 14.3. The van der Waals surface area contributed by atoms with Crippen molar-refractivity contribution in [2.24, 2.45) is 5.92 Å². The quantitative estimate of drug-likeness (QED) is 0.501. The van der Waals surface area contributed by atoms with E-state index in [2.05, 4.69) is 15.5 Å². The molecule has 1 heterocycles. The maximum absolute atomic E-state index is 13.2. The van der Waals surface area contributed by atoms with Gasteiger partial charge in [0.1, 0.15) is 5.82 Å². The van der Waals surface area contributed by atoms with Crippen LogP contribution in [0.15, 0.2) is 53.7 Å². The average Bonchev–Trinajstić information content (AvgIpc) is 3.11. The number of nitrogens with zero attached hydrogens (tertiary/aromatic N) is 3. The number of carbonyl (C=O) groups excluding carboxylic acids is 1. The van der Waals surface area contributed by atoms with Gasteiger partial charge in [0.25, 0.3) is 0 Å². The summed E-state index contributed by atoms with van der Waals surface area (Å²) in [5.41, 5.74) is 3.10. The Balaban J connectivity index is 1.87. The van der Waals surface area contributed by atoms with Gasteiger partial charge in [-0.3, -0.25) is 9.36 Å². The molecule has 7 heteroatoms. The normalized spacial score (nSPS) is 12.2. The molecule has 1 aromatic heterocycles. The summed E-state index contributed by atoms with van der Waals surface area (Å²) in [5, 5.41) is 12.5. The van der Waals surface area contributed by atoms with Crippen molar-refractivity contribution >= 4 is 17.7 Å². The smallest absolute Gasteiger partial charge is 0.220 e. The molecule has 1 N–H and O–H groups in total. The van der Waals surface area contributed by atoms with Crippen LogP contribution in [0.5, 0.6) is 0 Å². The lowest BCUT2D eigenvalue weighted by molar-refractivity contribution is -0.122. The Morgan fingerprint density at radius 2 is 1.73 bits per heavy atom. The third-order valence-corrected chi connectivity index (χ3v) is 5.59. The molecule has 30 heavy (non-hydrogen) atoms. The highest BCUT2D eigenvalue weighted by atomic mass is 32.2. The highest BCUT2D eigenvalue weighted by molar-refractivity contribution is 7.98. The molecule has 158 valence electrons. The zero-order valence-electron chi connectivity index (χ0n) is 17.7. The first-order valence-corrected chi connectivity index (χ1v) is 11.0. The number of rotatable bonds is 8. The van der Waals surface area contributed by atoms with Gasteiger partial charge >= 0.3 is 0 Å². The number of nitrogens with one attached hydrogen (secondary N) is 1. The Hall–Kier alpha value is -2.67. The molecule has 3 rings (SSSR count). The van der Waals surface area contributed by atoms with Crippen LogP contribution in [0.3, 0.4) is 0 Å². The fourth-order valence-corrected chi connectivity index (χ4v) is 3.97. The summed E-state index contributed by atoms with van der Waals surface area (Å²) in [6.07, 6.45) is 0.467. The van der Waals surface area contributed by atoms with E-state index < -0.39 is 0 Å². The number of amides is 1. The van der Waals surface area contributed by atoms with Gasteiger partial charge in [-0.2, -0.15) is 0 Å². The van der Waals surface area contributed by atoms with Gasteiger partial charge in [-0.15, -0.1) is 10.2 Å². The Bertz CT molecular complexity index is 983. The van der Waals surface area contributed by atoms with Crippen LogP contribution >= 0.6 is 11.8 Å². The molecule has 0 spiro atoms. The molecule has 0 aliphatic carbocycles. The summed E-state index contributed by atoms with van der Waals surface area (Å²) in [6, 6.07) is 14.3. The van der Waals surface area contributed by atoms with Gasteiger partial charge in [-0.05, 0) is 49.6 Å². The number of aromatic nitrogens is 3. The van der Waals surface area contributed by atoms with Crippen molar-refractivity contribution < 1.29 is 9.18 Å². The van der Waals surface area contributed by atoms with Gasteiger partial charge in [-0.25, -0.2) is 4.39 Å². The molecule has 3 aromatic rings. The number of halogens is 1.